The molecule has 4 radical (unpaired) electrons. The van der Waals surface area contributed by atoms with Crippen LogP contribution in [-0.2, 0) is 68.3 Å². The van der Waals surface area contributed by atoms with Gasteiger partial charge in [0.15, 0.2) is 0 Å². The van der Waals surface area contributed by atoms with Crippen molar-refractivity contribution in [3.63, 3.8) is 0 Å². The van der Waals surface area contributed by atoms with Crippen LogP contribution in [0.15, 0.2) is 140 Å². The molecule has 4 heterocycles. The number of aromatic amines is 4. The molecule has 0 fully saturated rings. The van der Waals surface area contributed by atoms with E-state index >= 15 is 0 Å². The summed E-state index contributed by atoms with van der Waals surface area (Å²) in [5.41, 5.74) is -1.51. The zero-order chi connectivity index (χ0) is 59.0. The van der Waals surface area contributed by atoms with Gasteiger partial charge in [-0.15, -0.1) is 24.4 Å². The number of benzene rings is 4. The smallest absolute Gasteiger partial charge is 1.00 e. The molecule has 20 nitrogen and oxygen atoms in total. The van der Waals surface area contributed by atoms with E-state index in [0.29, 0.717) is 70.7 Å². The predicted octanol–water partition coefficient (Wildman–Crippen LogP) is -12.2. The molecule has 36 heteroatoms. The van der Waals surface area contributed by atoms with Crippen molar-refractivity contribution in [2.24, 2.45) is 21.7 Å². The van der Waals surface area contributed by atoms with E-state index in [1.54, 1.807) is 0 Å². The third kappa shape index (κ3) is 35.2. The van der Waals surface area contributed by atoms with E-state index in [1.807, 2.05) is 180 Å². The Morgan fingerprint density at radius 3 is 0.554 bits per heavy atom. The molecule has 8 aromatic rings. The molecule has 0 spiro atoms. The van der Waals surface area contributed by atoms with E-state index in [0.717, 1.165) is 17.9 Å². The van der Waals surface area contributed by atoms with Gasteiger partial charge in [-0.3, -0.25) is 20.4 Å². The summed E-state index contributed by atoms with van der Waals surface area (Å²) in [5, 5.41) is 68.0. The third-order valence-corrected chi connectivity index (χ3v) is 13.1. The summed E-state index contributed by atoms with van der Waals surface area (Å²) in [5.74, 6) is 4.22. The number of aromatic nitrogens is 12. The minimum atomic E-state index is -0.806. The second kappa shape index (κ2) is 49.7. The quantitative estimate of drug-likeness (QED) is 0.0330. The fourth-order valence-electron chi connectivity index (χ4n) is 6.32. The second-order valence-electron chi connectivity index (χ2n) is 22.1. The molecule has 0 bridgehead atoms. The molecule has 4 aromatic carbocycles. The summed E-state index contributed by atoms with van der Waals surface area (Å²) < 4.78 is 27.1. The average Bonchev–Trinajstić information content (AvgIpc) is 4.27. The standard InChI is InChI=1S/4C14H17BrN3O2.8ClH.4Cu/c4*1-14(2,3)12(19)11(13-16-8-17-18-13)20-10-6-4-9(15)5-7-10;;;;;;;;;;;;/h4*4-8,12,19H,1-3H3,(H,16,17,18);8*1H;;;;/q4*-1;;;;;;;;;4*+2/p-8. The number of hydrogen-bond acceptors (Lipinski definition) is 16. The van der Waals surface area contributed by atoms with Crippen LogP contribution >= 0.6 is 63.7 Å². The van der Waals surface area contributed by atoms with Crippen LogP contribution in [0.1, 0.15) is 106 Å². The zero-order valence-electron chi connectivity index (χ0n) is 50.6. The Morgan fingerprint density at radius 2 is 0.446 bits per heavy atom. The molecule has 8 N–H and O–H groups in total. The number of halogens is 12. The summed E-state index contributed by atoms with van der Waals surface area (Å²) in [7, 11) is 0. The molecule has 4 aromatic heterocycles. The monoisotopic (exact) mass is 1880 g/mol. The molecule has 0 aliphatic rings. The normalized spacial score (nSPS) is 11.3. The molecule has 8 rings (SSSR count). The molecule has 532 valence electrons. The van der Waals surface area contributed by atoms with Crippen molar-refractivity contribution in [1.29, 1.82) is 0 Å². The first-order valence-electron chi connectivity index (χ1n) is 24.9. The molecule has 92 heavy (non-hydrogen) atoms. The van der Waals surface area contributed by atoms with E-state index in [-0.39, 0.29) is 189 Å². The minimum Gasteiger partial charge on any atom is -1.00 e. The van der Waals surface area contributed by atoms with Gasteiger partial charge in [0.05, 0.1) is 23.0 Å². The Labute approximate surface area is 664 Å². The Kier molecular flexibility index (Phi) is 57.5. The summed E-state index contributed by atoms with van der Waals surface area (Å²) in [6, 6.07) is 29.5. The van der Waals surface area contributed by atoms with Crippen molar-refractivity contribution in [2.75, 3.05) is 0 Å². The van der Waals surface area contributed by atoms with E-state index in [2.05, 4.69) is 124 Å². The molecule has 0 amide bonds. The van der Waals surface area contributed by atoms with Gasteiger partial charge < -0.3 is 139 Å². The van der Waals surface area contributed by atoms with Crippen LogP contribution in [0, 0.1) is 46.1 Å². The van der Waals surface area contributed by atoms with E-state index in [4.69, 9.17) is 18.9 Å². The van der Waals surface area contributed by atoms with Crippen molar-refractivity contribution in [3.8, 4) is 23.0 Å². The maximum absolute atomic E-state index is 10.5. The first kappa shape index (κ1) is 106. The van der Waals surface area contributed by atoms with Crippen LogP contribution in [0.5, 0.6) is 23.0 Å². The number of ether oxygens (including phenoxy) is 4. The summed E-state index contributed by atoms with van der Waals surface area (Å²) in [6.45, 7) is 23.2. The number of H-pyrrole nitrogens is 4. The first-order valence-corrected chi connectivity index (χ1v) is 28.0. The topological polar surface area (TPSA) is 284 Å². The van der Waals surface area contributed by atoms with Gasteiger partial charge in [-0.05, 0) is 143 Å². The van der Waals surface area contributed by atoms with Gasteiger partial charge in [0.2, 0.25) is 0 Å². The number of rotatable bonds is 16. The maximum atomic E-state index is 10.5. The molecular weight excluding hydrogens is 1830 g/mol. The molecular formula is C56H68Br4Cl8Cu4N12O8-4. The van der Waals surface area contributed by atoms with Crippen LogP contribution in [-0.4, -0.2) is 106 Å². The van der Waals surface area contributed by atoms with Crippen LogP contribution in [0.3, 0.4) is 0 Å². The Morgan fingerprint density at radius 1 is 0.304 bits per heavy atom. The average molecular weight is 1890 g/mol. The van der Waals surface area contributed by atoms with Gasteiger partial charge in [-0.2, -0.15) is 20.4 Å². The van der Waals surface area contributed by atoms with Gasteiger partial charge in [-0.25, -0.2) is 19.9 Å². The van der Waals surface area contributed by atoms with Crippen LogP contribution < -0.4 is 118 Å². The van der Waals surface area contributed by atoms with Crippen molar-refractivity contribution in [2.45, 2.75) is 108 Å². The van der Waals surface area contributed by atoms with Crippen LogP contribution in [0.4, 0.5) is 0 Å². The Hall–Kier alpha value is -1.72. The molecule has 0 aliphatic carbocycles. The second-order valence-corrected chi connectivity index (χ2v) is 25.8. The summed E-state index contributed by atoms with van der Waals surface area (Å²) in [6.07, 6.45) is 3.75. The molecule has 0 aliphatic heterocycles. The molecule has 4 unspecified atom stereocenters. The van der Waals surface area contributed by atoms with Crippen LogP contribution in [0.25, 0.3) is 0 Å². The summed E-state index contributed by atoms with van der Waals surface area (Å²) >= 11 is 13.5. The number of aliphatic hydroxyl groups excluding tert-OH is 4. The van der Waals surface area contributed by atoms with Gasteiger partial charge >= 0.3 is 68.3 Å². The number of nitrogens with one attached hydrogen (secondary N) is 4. The molecule has 0 saturated carbocycles. The largest absolute Gasteiger partial charge is 2.00 e. The van der Waals surface area contributed by atoms with Gasteiger partial charge in [0, 0.05) is 41.2 Å². The Balaban J connectivity index is -0.000000163. The zero-order valence-corrected chi connectivity index (χ0v) is 66.8. The van der Waals surface area contributed by atoms with Gasteiger partial charge in [0.1, 0.15) is 25.3 Å². The fourth-order valence-corrected chi connectivity index (χ4v) is 7.38. The van der Waals surface area contributed by atoms with Crippen LogP contribution in [0.2, 0.25) is 0 Å². The summed E-state index contributed by atoms with van der Waals surface area (Å²) in [4.78, 5) is 16.3. The van der Waals surface area contributed by atoms with Gasteiger partial charge in [-0.1, -0.05) is 147 Å². The molecule has 4 atom stereocenters. The van der Waals surface area contributed by atoms with E-state index < -0.39 is 24.4 Å². The first-order chi connectivity index (χ1) is 37.5. The SMILES string of the molecule is CC(C)(C)C(O)[C-](Oc1ccc(Br)cc1)c1ncn[nH]1.CC(C)(C)C(O)[C-](Oc1ccc(Br)cc1)c1ncn[nH]1.CC(C)(C)C(O)[C-](Oc1ccc(Br)cc1)c1ncn[nH]1.CC(C)(C)C(O)[C-](Oc1ccc(Br)cc1)c1ncn[nH]1.[Cl-].[Cl-].[Cl-].[Cl-].[Cl-].[Cl-].[Cl-].[Cl-].[Cu+2].[Cu+2].[Cu+2].[Cu+2]. The van der Waals surface area contributed by atoms with E-state index in [9.17, 15) is 20.4 Å². The van der Waals surface area contributed by atoms with Crippen molar-refractivity contribution in [1.82, 2.24) is 60.7 Å². The van der Waals surface area contributed by atoms with E-state index in [1.165, 1.54) is 25.3 Å². The molecule has 0 saturated heterocycles. The minimum absolute atomic E-state index is 0. The number of aliphatic hydroxyl groups is 4. The number of hydrogen-bond donors (Lipinski definition) is 8. The van der Waals surface area contributed by atoms with Gasteiger partial charge in [0.25, 0.3) is 0 Å². The fraction of sp³-hybridized carbons (Fsp3) is 0.357. The Bertz CT molecular complexity index is 2610. The van der Waals surface area contributed by atoms with Crippen molar-refractivity contribution in [3.05, 3.63) is 188 Å². The van der Waals surface area contributed by atoms with Crippen molar-refractivity contribution < 1.29 is 207 Å². The third-order valence-electron chi connectivity index (χ3n) is 11.0. The van der Waals surface area contributed by atoms with Crippen molar-refractivity contribution >= 4 is 63.7 Å². The number of nitrogens with zero attached hydrogens (tertiary/aromatic N) is 8. The predicted molar refractivity (Wildman–Crippen MR) is 316 cm³/mol. The maximum Gasteiger partial charge on any atom is 2.00 e.